The van der Waals surface area contributed by atoms with Gasteiger partial charge in [-0.05, 0) is 32.1 Å². The highest BCUT2D eigenvalue weighted by atomic mass is 16.6. The number of ether oxygens (including phenoxy) is 1. The van der Waals surface area contributed by atoms with Crippen molar-refractivity contribution in [2.45, 2.75) is 69.4 Å². The second-order valence-electron chi connectivity index (χ2n) is 7.58. The number of carbonyl (C=O) groups is 2. The normalized spacial score (nSPS) is 22.3. The molecule has 2 aromatic rings. The van der Waals surface area contributed by atoms with Crippen LogP contribution in [-0.4, -0.2) is 39.5 Å². The molecule has 0 aromatic carbocycles. The average Bonchev–Trinajstić information content (AvgIpc) is 3.42. The highest BCUT2D eigenvalue weighted by Gasteiger charge is 2.30. The Morgan fingerprint density at radius 3 is 2.89 bits per heavy atom. The Kier molecular flexibility index (Phi) is 5.59. The van der Waals surface area contributed by atoms with E-state index in [2.05, 4.69) is 26.0 Å². The van der Waals surface area contributed by atoms with Crippen LogP contribution in [0.1, 0.15) is 62.3 Å². The lowest BCUT2D eigenvalue weighted by Gasteiger charge is -2.16. The molecule has 0 unspecified atom stereocenters. The van der Waals surface area contributed by atoms with Gasteiger partial charge >= 0.3 is 6.09 Å². The fourth-order valence-electron chi connectivity index (χ4n) is 4.04. The van der Waals surface area contributed by atoms with Crippen molar-refractivity contribution in [3.8, 4) is 0 Å². The molecule has 2 aliphatic rings. The molecule has 0 saturated heterocycles. The van der Waals surface area contributed by atoms with Crippen LogP contribution in [0.3, 0.4) is 0 Å². The van der Waals surface area contributed by atoms with Crippen molar-refractivity contribution in [2.75, 3.05) is 5.32 Å². The third-order valence-corrected chi connectivity index (χ3v) is 5.47. The van der Waals surface area contributed by atoms with Gasteiger partial charge in [-0.3, -0.25) is 9.89 Å². The number of aromatic nitrogens is 3. The number of alkyl carbamates (subject to hydrolysis) is 1. The maximum absolute atomic E-state index is 12.0. The summed E-state index contributed by atoms with van der Waals surface area (Å²) < 4.78 is 10.5. The van der Waals surface area contributed by atoms with E-state index in [1.807, 2.05) is 6.07 Å². The van der Waals surface area contributed by atoms with Gasteiger partial charge in [-0.1, -0.05) is 18.0 Å². The fourth-order valence-corrected chi connectivity index (χ4v) is 4.04. The first-order valence-electron chi connectivity index (χ1n) is 9.87. The van der Waals surface area contributed by atoms with E-state index in [0.717, 1.165) is 37.8 Å². The van der Waals surface area contributed by atoms with Gasteiger partial charge in [0, 0.05) is 29.8 Å². The number of anilines is 1. The molecular weight excluding hydrogens is 362 g/mol. The van der Waals surface area contributed by atoms with Crippen LogP contribution in [0.2, 0.25) is 0 Å². The zero-order valence-corrected chi connectivity index (χ0v) is 15.6. The summed E-state index contributed by atoms with van der Waals surface area (Å²) in [6.07, 6.45) is 8.15. The van der Waals surface area contributed by atoms with Crippen molar-refractivity contribution in [1.82, 2.24) is 20.7 Å². The van der Waals surface area contributed by atoms with Gasteiger partial charge in [-0.15, -0.1) is 0 Å². The average molecular weight is 387 g/mol. The number of aromatic amines is 1. The van der Waals surface area contributed by atoms with Gasteiger partial charge in [0.05, 0.1) is 12.6 Å². The topological polar surface area (TPSA) is 122 Å². The number of hydrogen-bond donors (Lipinski definition) is 3. The summed E-state index contributed by atoms with van der Waals surface area (Å²) in [5.74, 6) is 0.991. The van der Waals surface area contributed by atoms with Gasteiger partial charge < -0.3 is 19.9 Å². The van der Waals surface area contributed by atoms with Crippen molar-refractivity contribution < 1.29 is 18.8 Å². The van der Waals surface area contributed by atoms with E-state index >= 15 is 0 Å². The van der Waals surface area contributed by atoms with Gasteiger partial charge in [0.25, 0.3) is 0 Å². The molecule has 2 aromatic heterocycles. The van der Waals surface area contributed by atoms with Crippen LogP contribution in [-0.2, 0) is 16.0 Å². The summed E-state index contributed by atoms with van der Waals surface area (Å²) >= 11 is 0. The van der Waals surface area contributed by atoms with Gasteiger partial charge in [-0.2, -0.15) is 5.10 Å². The molecular formula is C19H25N5O4. The zero-order valence-electron chi connectivity index (χ0n) is 15.6. The number of nitrogens with one attached hydrogen (secondary N) is 3. The third-order valence-electron chi connectivity index (χ3n) is 5.47. The molecule has 0 aliphatic heterocycles. The van der Waals surface area contributed by atoms with E-state index in [1.54, 1.807) is 6.07 Å². The van der Waals surface area contributed by atoms with Crippen molar-refractivity contribution >= 4 is 17.8 Å². The molecule has 28 heavy (non-hydrogen) atoms. The quantitative estimate of drug-likeness (QED) is 0.700. The smallest absolute Gasteiger partial charge is 0.407 e. The predicted molar refractivity (Wildman–Crippen MR) is 99.7 cm³/mol. The number of hydrogen-bond acceptors (Lipinski definition) is 6. The summed E-state index contributed by atoms with van der Waals surface area (Å²) in [5, 5.41) is 16.4. The predicted octanol–water partition coefficient (Wildman–Crippen LogP) is 2.88. The van der Waals surface area contributed by atoms with E-state index in [1.165, 1.54) is 19.0 Å². The first kappa shape index (κ1) is 18.5. The van der Waals surface area contributed by atoms with Crippen LogP contribution >= 0.6 is 0 Å². The Hall–Kier alpha value is -2.84. The van der Waals surface area contributed by atoms with E-state index in [-0.39, 0.29) is 36.5 Å². The highest BCUT2D eigenvalue weighted by Crippen LogP contribution is 2.36. The largest absolute Gasteiger partial charge is 0.446 e. The first-order valence-corrected chi connectivity index (χ1v) is 9.87. The molecule has 9 heteroatoms. The number of amides is 2. The second-order valence-corrected chi connectivity index (χ2v) is 7.58. The molecule has 3 N–H and O–H groups in total. The number of nitrogens with zero attached hydrogens (tertiary/aromatic N) is 2. The maximum Gasteiger partial charge on any atom is 0.407 e. The monoisotopic (exact) mass is 387 g/mol. The summed E-state index contributed by atoms with van der Waals surface area (Å²) in [6, 6.07) is 3.75. The lowest BCUT2D eigenvalue weighted by Crippen LogP contribution is -2.35. The van der Waals surface area contributed by atoms with Gasteiger partial charge in [0.15, 0.2) is 5.82 Å². The molecule has 2 heterocycles. The first-order chi connectivity index (χ1) is 13.7. The van der Waals surface area contributed by atoms with E-state index in [9.17, 15) is 9.59 Å². The van der Waals surface area contributed by atoms with E-state index < -0.39 is 0 Å². The van der Waals surface area contributed by atoms with Crippen molar-refractivity contribution in [2.24, 2.45) is 0 Å². The zero-order chi connectivity index (χ0) is 19.3. The molecule has 4 rings (SSSR count). The van der Waals surface area contributed by atoms with Crippen LogP contribution in [0.25, 0.3) is 0 Å². The molecule has 2 amide bonds. The summed E-state index contributed by atoms with van der Waals surface area (Å²) in [4.78, 5) is 24.0. The molecule has 2 saturated carbocycles. The van der Waals surface area contributed by atoms with Crippen LogP contribution in [0.5, 0.6) is 0 Å². The minimum atomic E-state index is -0.303. The van der Waals surface area contributed by atoms with E-state index in [0.29, 0.717) is 11.6 Å². The van der Waals surface area contributed by atoms with Crippen LogP contribution < -0.4 is 10.6 Å². The van der Waals surface area contributed by atoms with Crippen molar-refractivity contribution in [3.05, 3.63) is 29.8 Å². The minimum Gasteiger partial charge on any atom is -0.446 e. The van der Waals surface area contributed by atoms with Gasteiger partial charge in [0.2, 0.25) is 5.91 Å². The lowest BCUT2D eigenvalue weighted by atomic mass is 10.0. The van der Waals surface area contributed by atoms with Crippen LogP contribution in [0, 0.1) is 0 Å². The van der Waals surface area contributed by atoms with Gasteiger partial charge in [0.1, 0.15) is 11.9 Å². The molecule has 2 fully saturated rings. The summed E-state index contributed by atoms with van der Waals surface area (Å²) in [5.41, 5.74) is 0.942. The molecule has 150 valence electrons. The Morgan fingerprint density at radius 1 is 1.25 bits per heavy atom. The summed E-state index contributed by atoms with van der Waals surface area (Å²) in [7, 11) is 0. The maximum atomic E-state index is 12.0. The van der Waals surface area contributed by atoms with E-state index in [4.69, 9.17) is 9.26 Å². The molecule has 9 nitrogen and oxygen atoms in total. The Morgan fingerprint density at radius 2 is 2.11 bits per heavy atom. The second kappa shape index (κ2) is 8.45. The van der Waals surface area contributed by atoms with Crippen molar-refractivity contribution in [1.29, 1.82) is 0 Å². The number of H-pyrrole nitrogens is 1. The molecule has 0 spiro atoms. The molecule has 0 radical (unpaired) electrons. The number of rotatable bonds is 6. The minimum absolute atomic E-state index is 0.0841. The Labute approximate surface area is 162 Å². The fraction of sp³-hybridized carbons (Fsp3) is 0.579. The molecule has 2 aliphatic carbocycles. The van der Waals surface area contributed by atoms with Gasteiger partial charge in [-0.25, -0.2) is 4.79 Å². The molecule has 2 atom stereocenters. The molecule has 0 bridgehead atoms. The van der Waals surface area contributed by atoms with Crippen molar-refractivity contribution in [3.63, 3.8) is 0 Å². The van der Waals surface area contributed by atoms with Crippen LogP contribution in [0.4, 0.5) is 10.6 Å². The van der Waals surface area contributed by atoms with Crippen LogP contribution in [0.15, 0.2) is 22.9 Å². The SMILES string of the molecule is O=C(Cc1ccno1)Nc1cc([C@H]2CC[C@@H](OC(=O)NC3CCCC3)C2)[nH]n1. The third kappa shape index (κ3) is 4.71. The lowest BCUT2D eigenvalue weighted by molar-refractivity contribution is -0.115. The highest BCUT2D eigenvalue weighted by molar-refractivity contribution is 5.91. The Balaban J connectivity index is 1.24. The Bertz CT molecular complexity index is 797. The standard InChI is InChI=1S/C19H25N5O4/c25-18(10-15-7-8-20-28-15)22-17-11-16(23-24-17)12-5-6-14(9-12)27-19(26)21-13-3-1-2-4-13/h7-8,11-14H,1-6,9-10H2,(H,21,26)(H2,22,23,24,25)/t12-,14+/m0/s1. The number of carbonyl (C=O) groups excluding carboxylic acids is 2. The summed E-state index contributed by atoms with van der Waals surface area (Å²) in [6.45, 7) is 0.